The summed E-state index contributed by atoms with van der Waals surface area (Å²) in [7, 11) is 0. The lowest BCUT2D eigenvalue weighted by Crippen LogP contribution is -1.98. The highest BCUT2D eigenvalue weighted by Crippen LogP contribution is 2.28. The van der Waals surface area contributed by atoms with Crippen molar-refractivity contribution in [3.8, 4) is 11.4 Å². The Hall–Kier alpha value is -1.00. The van der Waals surface area contributed by atoms with E-state index >= 15 is 0 Å². The van der Waals surface area contributed by atoms with Gasteiger partial charge in [-0.2, -0.15) is 0 Å². The molecule has 1 aromatic carbocycles. The molecule has 0 unspecified atom stereocenters. The number of halogens is 3. The second kappa shape index (κ2) is 4.94. The highest BCUT2D eigenvalue weighted by atomic mass is 79.9. The molecule has 2 nitrogen and oxygen atoms in total. The maximum absolute atomic E-state index is 13.4. The average Bonchev–Trinajstić information content (AvgIpc) is 2.31. The lowest BCUT2D eigenvalue weighted by molar-refractivity contribution is 0.603. The third kappa shape index (κ3) is 2.40. The lowest BCUT2D eigenvalue weighted by atomic mass is 10.1. The van der Waals surface area contributed by atoms with Gasteiger partial charge >= 0.3 is 0 Å². The highest BCUT2D eigenvalue weighted by Gasteiger charge is 2.12. The van der Waals surface area contributed by atoms with E-state index in [-0.39, 0.29) is 10.8 Å². The fourth-order valence-electron chi connectivity index (χ4n) is 1.73. The Bertz CT molecular complexity index is 527. The Labute approximate surface area is 118 Å². The van der Waals surface area contributed by atoms with Crippen molar-refractivity contribution in [2.24, 2.45) is 0 Å². The zero-order valence-corrected chi connectivity index (χ0v) is 12.5. The summed E-state index contributed by atoms with van der Waals surface area (Å²) in [6.45, 7) is 5.54. The van der Waals surface area contributed by atoms with Gasteiger partial charge in [0.25, 0.3) is 0 Å². The number of aryl methyl sites for hydroxylation is 3. The standard InChI is InChI=1S/C13H11BrClFN2/c1-6-4-9(5-7(2)10(6)14)13-17-8(3)11(16)12(15)18-13/h4-5H,1-3H3. The minimum Gasteiger partial charge on any atom is -0.230 e. The summed E-state index contributed by atoms with van der Waals surface area (Å²) in [5.41, 5.74) is 3.24. The summed E-state index contributed by atoms with van der Waals surface area (Å²) >= 11 is 9.24. The van der Waals surface area contributed by atoms with Crippen LogP contribution in [0.2, 0.25) is 5.15 Å². The molecule has 1 heterocycles. The molecule has 0 spiro atoms. The van der Waals surface area contributed by atoms with Crippen LogP contribution in [0.25, 0.3) is 11.4 Å². The largest absolute Gasteiger partial charge is 0.230 e. The van der Waals surface area contributed by atoms with Gasteiger partial charge in [0.1, 0.15) is 0 Å². The summed E-state index contributed by atoms with van der Waals surface area (Å²) in [6.07, 6.45) is 0. The molecule has 0 saturated carbocycles. The summed E-state index contributed by atoms with van der Waals surface area (Å²) < 4.78 is 14.4. The van der Waals surface area contributed by atoms with Crippen LogP contribution in [0.3, 0.4) is 0 Å². The molecule has 18 heavy (non-hydrogen) atoms. The molecule has 0 aliphatic heterocycles. The number of rotatable bonds is 1. The van der Waals surface area contributed by atoms with Crippen LogP contribution >= 0.6 is 27.5 Å². The Morgan fingerprint density at radius 1 is 1.11 bits per heavy atom. The maximum atomic E-state index is 13.4. The maximum Gasteiger partial charge on any atom is 0.181 e. The molecule has 0 N–H and O–H groups in total. The minimum atomic E-state index is -0.564. The van der Waals surface area contributed by atoms with E-state index in [9.17, 15) is 4.39 Å². The molecule has 94 valence electrons. The predicted molar refractivity (Wildman–Crippen MR) is 74.3 cm³/mol. The Kier molecular flexibility index (Phi) is 3.69. The molecule has 1 aromatic heterocycles. The quantitative estimate of drug-likeness (QED) is 0.713. The Morgan fingerprint density at radius 2 is 1.67 bits per heavy atom. The van der Waals surface area contributed by atoms with Gasteiger partial charge in [0.05, 0.1) is 5.69 Å². The molecule has 0 saturated heterocycles. The van der Waals surface area contributed by atoms with Crippen molar-refractivity contribution in [3.05, 3.63) is 44.4 Å². The van der Waals surface area contributed by atoms with Crippen LogP contribution in [0.5, 0.6) is 0 Å². The molecule has 0 bridgehead atoms. The van der Waals surface area contributed by atoms with Crippen molar-refractivity contribution in [1.82, 2.24) is 9.97 Å². The average molecular weight is 330 g/mol. The van der Waals surface area contributed by atoms with Gasteiger partial charge in [-0.1, -0.05) is 27.5 Å². The molecule has 0 fully saturated rings. The van der Waals surface area contributed by atoms with E-state index in [1.54, 1.807) is 6.92 Å². The summed E-state index contributed by atoms with van der Waals surface area (Å²) in [5.74, 6) is -0.122. The normalized spacial score (nSPS) is 10.8. The topological polar surface area (TPSA) is 25.8 Å². The van der Waals surface area contributed by atoms with Gasteiger partial charge < -0.3 is 0 Å². The monoisotopic (exact) mass is 328 g/mol. The number of hydrogen-bond donors (Lipinski definition) is 0. The van der Waals surface area contributed by atoms with Gasteiger partial charge in [-0.05, 0) is 44.0 Å². The number of nitrogens with zero attached hydrogens (tertiary/aromatic N) is 2. The van der Waals surface area contributed by atoms with Gasteiger partial charge in [0.15, 0.2) is 16.8 Å². The van der Waals surface area contributed by atoms with Crippen LogP contribution in [-0.2, 0) is 0 Å². The van der Waals surface area contributed by atoms with Crippen LogP contribution < -0.4 is 0 Å². The molecule has 0 atom stereocenters. The number of aromatic nitrogens is 2. The zero-order valence-electron chi connectivity index (χ0n) is 10.2. The minimum absolute atomic E-state index is 0.143. The lowest BCUT2D eigenvalue weighted by Gasteiger charge is -2.08. The van der Waals surface area contributed by atoms with Crippen LogP contribution in [0, 0.1) is 26.6 Å². The first-order valence-electron chi connectivity index (χ1n) is 5.37. The van der Waals surface area contributed by atoms with E-state index in [0.717, 1.165) is 21.2 Å². The molecule has 0 aliphatic rings. The van der Waals surface area contributed by atoms with Crippen molar-refractivity contribution < 1.29 is 4.39 Å². The van der Waals surface area contributed by atoms with Crippen molar-refractivity contribution in [1.29, 1.82) is 0 Å². The Balaban J connectivity index is 2.63. The summed E-state index contributed by atoms with van der Waals surface area (Å²) in [5, 5.41) is -0.143. The van der Waals surface area contributed by atoms with Crippen molar-refractivity contribution in [2.75, 3.05) is 0 Å². The van der Waals surface area contributed by atoms with Crippen molar-refractivity contribution in [3.63, 3.8) is 0 Å². The third-order valence-electron chi connectivity index (χ3n) is 2.67. The molecule has 2 rings (SSSR count). The van der Waals surface area contributed by atoms with Crippen molar-refractivity contribution in [2.45, 2.75) is 20.8 Å². The molecule has 0 aliphatic carbocycles. The van der Waals surface area contributed by atoms with Crippen LogP contribution in [-0.4, -0.2) is 9.97 Å². The van der Waals surface area contributed by atoms with Gasteiger partial charge in [-0.15, -0.1) is 0 Å². The first kappa shape index (κ1) is 13.4. The smallest absolute Gasteiger partial charge is 0.181 e. The zero-order chi connectivity index (χ0) is 13.4. The van der Waals surface area contributed by atoms with E-state index in [1.807, 2.05) is 26.0 Å². The molecular weight excluding hydrogens is 319 g/mol. The fourth-order valence-corrected chi connectivity index (χ4v) is 2.17. The Morgan fingerprint density at radius 3 is 2.17 bits per heavy atom. The molecule has 5 heteroatoms. The molecule has 0 radical (unpaired) electrons. The van der Waals surface area contributed by atoms with E-state index in [0.29, 0.717) is 5.82 Å². The fraction of sp³-hybridized carbons (Fsp3) is 0.231. The van der Waals surface area contributed by atoms with Crippen molar-refractivity contribution >= 4 is 27.5 Å². The van der Waals surface area contributed by atoms with E-state index < -0.39 is 5.82 Å². The second-order valence-electron chi connectivity index (χ2n) is 4.16. The van der Waals surface area contributed by atoms with E-state index in [2.05, 4.69) is 25.9 Å². The highest BCUT2D eigenvalue weighted by molar-refractivity contribution is 9.10. The predicted octanol–water partition coefficient (Wildman–Crippen LogP) is 4.62. The second-order valence-corrected chi connectivity index (χ2v) is 5.31. The molecule has 2 aromatic rings. The van der Waals surface area contributed by atoms with Gasteiger partial charge in [-0.3, -0.25) is 0 Å². The summed E-state index contributed by atoms with van der Waals surface area (Å²) in [6, 6.07) is 3.89. The van der Waals surface area contributed by atoms with Crippen LogP contribution in [0.15, 0.2) is 16.6 Å². The first-order valence-corrected chi connectivity index (χ1v) is 6.54. The van der Waals surface area contributed by atoms with Gasteiger partial charge in [0, 0.05) is 10.0 Å². The van der Waals surface area contributed by atoms with E-state index in [1.165, 1.54) is 0 Å². The first-order chi connectivity index (χ1) is 8.40. The summed E-state index contributed by atoms with van der Waals surface area (Å²) in [4.78, 5) is 8.11. The van der Waals surface area contributed by atoms with Gasteiger partial charge in [-0.25, -0.2) is 14.4 Å². The SMILES string of the molecule is Cc1cc(-c2nc(C)c(F)c(Cl)n2)cc(C)c1Br. The van der Waals surface area contributed by atoms with Gasteiger partial charge in [0.2, 0.25) is 0 Å². The van der Waals surface area contributed by atoms with E-state index in [4.69, 9.17) is 11.6 Å². The third-order valence-corrected chi connectivity index (χ3v) is 4.17. The number of hydrogen-bond acceptors (Lipinski definition) is 2. The molecule has 0 amide bonds. The van der Waals surface area contributed by atoms with Crippen LogP contribution in [0.1, 0.15) is 16.8 Å². The van der Waals surface area contributed by atoms with Crippen LogP contribution in [0.4, 0.5) is 4.39 Å². The number of benzene rings is 1. The molecular formula is C13H11BrClFN2.